The molecule has 0 saturated carbocycles. The number of nitrogens with zero attached hydrogens (tertiary/aromatic N) is 1. The highest BCUT2D eigenvalue weighted by Gasteiger charge is 2.05. The van der Waals surface area contributed by atoms with E-state index in [-0.39, 0.29) is 12.5 Å². The van der Waals surface area contributed by atoms with Crippen LogP contribution in [0.4, 0.5) is 5.82 Å². The predicted molar refractivity (Wildman–Crippen MR) is 76.4 cm³/mol. The Morgan fingerprint density at radius 1 is 1.25 bits per heavy atom. The average Bonchev–Trinajstić information content (AvgIpc) is 2.45. The van der Waals surface area contributed by atoms with Gasteiger partial charge in [0.05, 0.1) is 7.11 Å². The van der Waals surface area contributed by atoms with Gasteiger partial charge in [-0.05, 0) is 24.3 Å². The van der Waals surface area contributed by atoms with Crippen molar-refractivity contribution in [1.29, 1.82) is 0 Å². The average molecular weight is 293 g/mol. The number of methoxy groups -OCH3 is 1. The first-order valence-corrected chi connectivity index (χ1v) is 6.24. The molecule has 1 N–H and O–H groups in total. The second kappa shape index (κ2) is 6.77. The van der Waals surface area contributed by atoms with Crippen molar-refractivity contribution < 1.29 is 14.3 Å². The highest BCUT2D eigenvalue weighted by molar-refractivity contribution is 6.29. The molecule has 2 rings (SSSR count). The lowest BCUT2D eigenvalue weighted by atomic mass is 10.3. The Kier molecular flexibility index (Phi) is 4.79. The summed E-state index contributed by atoms with van der Waals surface area (Å²) >= 11 is 5.73. The van der Waals surface area contributed by atoms with E-state index in [1.165, 1.54) is 0 Å². The van der Waals surface area contributed by atoms with Crippen LogP contribution in [0.3, 0.4) is 0 Å². The van der Waals surface area contributed by atoms with Gasteiger partial charge < -0.3 is 14.8 Å². The highest BCUT2D eigenvalue weighted by Crippen LogP contribution is 2.18. The van der Waals surface area contributed by atoms with Crippen LogP contribution in [0, 0.1) is 0 Å². The number of nitrogens with one attached hydrogen (secondary N) is 1. The molecule has 0 saturated heterocycles. The van der Waals surface area contributed by atoms with Crippen molar-refractivity contribution in [3.05, 3.63) is 47.6 Å². The number of hydrogen-bond acceptors (Lipinski definition) is 4. The second-order valence-electron chi connectivity index (χ2n) is 3.86. The number of hydrogen-bond donors (Lipinski definition) is 1. The van der Waals surface area contributed by atoms with Crippen LogP contribution < -0.4 is 14.8 Å². The van der Waals surface area contributed by atoms with Gasteiger partial charge in [-0.25, -0.2) is 4.98 Å². The Bertz CT molecular complexity index is 604. The van der Waals surface area contributed by atoms with E-state index in [9.17, 15) is 4.79 Å². The van der Waals surface area contributed by atoms with Crippen molar-refractivity contribution >= 4 is 23.3 Å². The monoisotopic (exact) mass is 292 g/mol. The van der Waals surface area contributed by atoms with Gasteiger partial charge in [-0.3, -0.25) is 4.79 Å². The second-order valence-corrected chi connectivity index (χ2v) is 4.25. The van der Waals surface area contributed by atoms with Gasteiger partial charge in [-0.1, -0.05) is 23.7 Å². The minimum Gasteiger partial charge on any atom is -0.497 e. The van der Waals surface area contributed by atoms with E-state index in [0.29, 0.717) is 22.5 Å². The molecule has 0 aliphatic carbocycles. The lowest BCUT2D eigenvalue weighted by molar-refractivity contribution is -0.118. The Labute approximate surface area is 121 Å². The Morgan fingerprint density at radius 3 is 2.75 bits per heavy atom. The molecule has 0 spiro atoms. The Hall–Kier alpha value is -2.27. The summed E-state index contributed by atoms with van der Waals surface area (Å²) in [4.78, 5) is 15.7. The molecule has 1 heterocycles. The summed E-state index contributed by atoms with van der Waals surface area (Å²) in [5.41, 5.74) is 0. The smallest absolute Gasteiger partial charge is 0.263 e. The fraction of sp³-hybridized carbons (Fsp3) is 0.143. The number of rotatable bonds is 5. The van der Waals surface area contributed by atoms with Crippen molar-refractivity contribution in [3.63, 3.8) is 0 Å². The summed E-state index contributed by atoms with van der Waals surface area (Å²) in [6, 6.07) is 12.0. The number of carbonyl (C=O) groups excluding carboxylic acids is 1. The molecule has 1 aromatic carbocycles. The standard InChI is InChI=1S/C14H13ClN2O3/c1-19-10-4-2-5-11(8-10)20-9-14(18)17-13-7-3-6-12(15)16-13/h2-8H,9H2,1H3,(H,16,17,18). The van der Waals surface area contributed by atoms with Crippen LogP contribution in [0.15, 0.2) is 42.5 Å². The Morgan fingerprint density at radius 2 is 2.00 bits per heavy atom. The van der Waals surface area contributed by atoms with Gasteiger partial charge in [-0.2, -0.15) is 0 Å². The van der Waals surface area contributed by atoms with Crippen molar-refractivity contribution in [3.8, 4) is 11.5 Å². The van der Waals surface area contributed by atoms with Gasteiger partial charge in [0.2, 0.25) is 0 Å². The van der Waals surface area contributed by atoms with Crippen LogP contribution >= 0.6 is 11.6 Å². The number of benzene rings is 1. The molecule has 5 nitrogen and oxygen atoms in total. The predicted octanol–water partition coefficient (Wildman–Crippen LogP) is 2.76. The third-order valence-corrected chi connectivity index (χ3v) is 2.60. The van der Waals surface area contributed by atoms with Gasteiger partial charge in [0.15, 0.2) is 6.61 Å². The molecule has 0 radical (unpaired) electrons. The largest absolute Gasteiger partial charge is 0.497 e. The van der Waals surface area contributed by atoms with Crippen LogP contribution in [0.2, 0.25) is 5.15 Å². The molecular weight excluding hydrogens is 280 g/mol. The molecule has 0 bridgehead atoms. The normalized spacial score (nSPS) is 9.90. The maximum atomic E-state index is 11.7. The number of halogens is 1. The van der Waals surface area contributed by atoms with Crippen molar-refractivity contribution in [2.75, 3.05) is 19.0 Å². The van der Waals surface area contributed by atoms with Gasteiger partial charge in [0, 0.05) is 6.07 Å². The first-order valence-electron chi connectivity index (χ1n) is 5.86. The van der Waals surface area contributed by atoms with Gasteiger partial charge in [0.1, 0.15) is 22.5 Å². The Balaban J connectivity index is 1.88. The van der Waals surface area contributed by atoms with Crippen LogP contribution in [0.5, 0.6) is 11.5 Å². The molecule has 0 fully saturated rings. The summed E-state index contributed by atoms with van der Waals surface area (Å²) in [6.07, 6.45) is 0. The summed E-state index contributed by atoms with van der Waals surface area (Å²) in [7, 11) is 1.57. The lowest BCUT2D eigenvalue weighted by Gasteiger charge is -2.08. The third-order valence-electron chi connectivity index (χ3n) is 2.39. The number of anilines is 1. The van der Waals surface area contributed by atoms with E-state index < -0.39 is 0 Å². The van der Waals surface area contributed by atoms with E-state index >= 15 is 0 Å². The topological polar surface area (TPSA) is 60.5 Å². The number of carbonyl (C=O) groups is 1. The molecule has 0 aliphatic heterocycles. The van der Waals surface area contributed by atoms with Gasteiger partial charge in [-0.15, -0.1) is 0 Å². The maximum absolute atomic E-state index is 11.7. The molecule has 0 aliphatic rings. The van der Waals surface area contributed by atoms with Gasteiger partial charge >= 0.3 is 0 Å². The van der Waals surface area contributed by atoms with Crippen molar-refractivity contribution in [2.24, 2.45) is 0 Å². The minimum absolute atomic E-state index is 0.124. The van der Waals surface area contributed by atoms with Gasteiger partial charge in [0.25, 0.3) is 5.91 Å². The first kappa shape index (κ1) is 14.1. The van der Waals surface area contributed by atoms with Crippen LogP contribution in [0.1, 0.15) is 0 Å². The first-order chi connectivity index (χ1) is 9.67. The van der Waals surface area contributed by atoms with E-state index in [1.807, 2.05) is 0 Å². The fourth-order valence-corrected chi connectivity index (χ4v) is 1.66. The van der Waals surface area contributed by atoms with Crippen molar-refractivity contribution in [2.45, 2.75) is 0 Å². The summed E-state index contributed by atoms with van der Waals surface area (Å²) in [6.45, 7) is -0.124. The zero-order chi connectivity index (χ0) is 14.4. The molecule has 2 aromatic rings. The van der Waals surface area contributed by atoms with Crippen LogP contribution in [-0.4, -0.2) is 24.6 Å². The van der Waals surface area contributed by atoms with Crippen molar-refractivity contribution in [1.82, 2.24) is 4.98 Å². The molecule has 6 heteroatoms. The molecule has 20 heavy (non-hydrogen) atoms. The zero-order valence-electron chi connectivity index (χ0n) is 10.8. The number of aromatic nitrogens is 1. The molecule has 0 atom stereocenters. The van der Waals surface area contributed by atoms with E-state index in [2.05, 4.69) is 10.3 Å². The summed E-state index contributed by atoms with van der Waals surface area (Å²) in [5, 5.41) is 2.91. The molecule has 0 unspecified atom stereocenters. The van der Waals surface area contributed by atoms with E-state index in [4.69, 9.17) is 21.1 Å². The maximum Gasteiger partial charge on any atom is 0.263 e. The SMILES string of the molecule is COc1cccc(OCC(=O)Nc2cccc(Cl)n2)c1. The molecular formula is C14H13ClN2O3. The number of pyridine rings is 1. The zero-order valence-corrected chi connectivity index (χ0v) is 11.6. The number of ether oxygens (including phenoxy) is 2. The van der Waals surface area contributed by atoms with Crippen LogP contribution in [0.25, 0.3) is 0 Å². The molecule has 1 aromatic heterocycles. The fourth-order valence-electron chi connectivity index (χ4n) is 1.50. The van der Waals surface area contributed by atoms with E-state index in [1.54, 1.807) is 49.6 Å². The minimum atomic E-state index is -0.317. The quantitative estimate of drug-likeness (QED) is 0.861. The summed E-state index contributed by atoms with van der Waals surface area (Å²) in [5.74, 6) is 1.29. The van der Waals surface area contributed by atoms with E-state index in [0.717, 1.165) is 0 Å². The highest BCUT2D eigenvalue weighted by atomic mass is 35.5. The molecule has 1 amide bonds. The summed E-state index contributed by atoms with van der Waals surface area (Å²) < 4.78 is 10.4. The molecule has 104 valence electrons. The third kappa shape index (κ3) is 4.13. The van der Waals surface area contributed by atoms with Crippen LogP contribution in [-0.2, 0) is 4.79 Å². The number of amides is 1. The lowest BCUT2D eigenvalue weighted by Crippen LogP contribution is -2.20.